The van der Waals surface area contributed by atoms with Crippen LogP contribution in [0.2, 0.25) is 0 Å². The van der Waals surface area contributed by atoms with Gasteiger partial charge in [0, 0.05) is 24.7 Å². The molecule has 2 aromatic rings. The smallest absolute Gasteiger partial charge is 0.311 e. The molecule has 1 amide bonds. The maximum absolute atomic E-state index is 12.1. The summed E-state index contributed by atoms with van der Waals surface area (Å²) in [6.07, 6.45) is -1.53. The zero-order valence-corrected chi connectivity index (χ0v) is 25.5. The van der Waals surface area contributed by atoms with Gasteiger partial charge in [-0.3, -0.25) is 14.3 Å². The number of ether oxygens (including phenoxy) is 3. The molecule has 1 fully saturated rings. The quantitative estimate of drug-likeness (QED) is 0.113. The van der Waals surface area contributed by atoms with Crippen molar-refractivity contribution in [3.8, 4) is 11.8 Å². The van der Waals surface area contributed by atoms with E-state index in [2.05, 4.69) is 27.5 Å². The van der Waals surface area contributed by atoms with Gasteiger partial charge < -0.3 is 40.0 Å². The summed E-state index contributed by atoms with van der Waals surface area (Å²) in [6, 6.07) is 7.15. The largest absolute Gasteiger partial charge is 0.465 e. The number of carbonyl (C=O) groups is 2. The molecule has 0 saturated carbocycles. The number of aromatic nitrogens is 3. The van der Waals surface area contributed by atoms with Crippen LogP contribution in [-0.4, -0.2) is 97.8 Å². The number of esters is 1. The minimum atomic E-state index is -1.49. The Morgan fingerprint density at radius 2 is 1.82 bits per heavy atom. The number of hydrogen-bond donors (Lipinski definition) is 5. The lowest BCUT2D eigenvalue weighted by Crippen LogP contribution is -2.59. The summed E-state index contributed by atoms with van der Waals surface area (Å²) < 4.78 is 17.9. The Morgan fingerprint density at radius 1 is 1.07 bits per heavy atom. The van der Waals surface area contributed by atoms with Gasteiger partial charge in [0.05, 0.1) is 37.5 Å². The van der Waals surface area contributed by atoms with Crippen molar-refractivity contribution in [2.24, 2.45) is 5.41 Å². The molecule has 0 bridgehead atoms. The molecule has 2 heterocycles. The van der Waals surface area contributed by atoms with E-state index in [-0.39, 0.29) is 25.0 Å². The molecular weight excluding hydrogens is 572 g/mol. The summed E-state index contributed by atoms with van der Waals surface area (Å²) >= 11 is 0. The Hall–Kier alpha value is -3.38. The molecule has 13 nitrogen and oxygen atoms in total. The highest BCUT2D eigenvalue weighted by Crippen LogP contribution is 2.23. The molecule has 0 radical (unpaired) electrons. The van der Waals surface area contributed by atoms with Gasteiger partial charge in [-0.05, 0) is 64.2 Å². The number of rotatable bonds is 14. The number of benzene rings is 1. The van der Waals surface area contributed by atoms with Crippen molar-refractivity contribution in [3.05, 3.63) is 47.3 Å². The van der Waals surface area contributed by atoms with E-state index in [0.29, 0.717) is 38.8 Å². The Morgan fingerprint density at radius 3 is 2.52 bits per heavy atom. The van der Waals surface area contributed by atoms with Gasteiger partial charge in [0.15, 0.2) is 6.29 Å². The maximum atomic E-state index is 12.1. The molecule has 1 aliphatic heterocycles. The molecule has 1 saturated heterocycles. The van der Waals surface area contributed by atoms with Crippen LogP contribution in [0.4, 0.5) is 0 Å². The van der Waals surface area contributed by atoms with Crippen LogP contribution < -0.4 is 5.32 Å². The first kappa shape index (κ1) is 35.1. The van der Waals surface area contributed by atoms with Crippen molar-refractivity contribution >= 4 is 11.9 Å². The molecular formula is C31H44N4O9. The van der Waals surface area contributed by atoms with Gasteiger partial charge in [0.2, 0.25) is 5.91 Å². The predicted molar refractivity (Wildman–Crippen MR) is 157 cm³/mol. The summed E-state index contributed by atoms with van der Waals surface area (Å²) in [5.74, 6) is 5.61. The van der Waals surface area contributed by atoms with E-state index in [1.807, 2.05) is 27.0 Å². The topological polar surface area (TPSA) is 185 Å². The van der Waals surface area contributed by atoms with Crippen LogP contribution in [0.5, 0.6) is 0 Å². The number of aryl methyl sites for hydroxylation is 2. The summed E-state index contributed by atoms with van der Waals surface area (Å²) in [5.41, 5.74) is 1.84. The first-order chi connectivity index (χ1) is 21.0. The fraction of sp³-hybridized carbons (Fsp3) is 0.613. The van der Waals surface area contributed by atoms with Crippen molar-refractivity contribution in [3.63, 3.8) is 0 Å². The van der Waals surface area contributed by atoms with Gasteiger partial charge in [-0.2, -0.15) is 0 Å². The van der Waals surface area contributed by atoms with Crippen LogP contribution in [0.25, 0.3) is 0 Å². The van der Waals surface area contributed by atoms with Gasteiger partial charge in [0.1, 0.15) is 24.4 Å². The average Bonchev–Trinajstić information content (AvgIpc) is 3.45. The number of nitrogens with one attached hydrogen (secondary N) is 1. The van der Waals surface area contributed by atoms with Gasteiger partial charge in [-0.25, -0.2) is 0 Å². The number of hydrogen-bond acceptors (Lipinski definition) is 11. The maximum Gasteiger partial charge on any atom is 0.311 e. The van der Waals surface area contributed by atoms with Crippen molar-refractivity contribution in [1.82, 2.24) is 20.3 Å². The third-order valence-electron chi connectivity index (χ3n) is 6.87. The number of amides is 1. The van der Waals surface area contributed by atoms with E-state index in [0.717, 1.165) is 23.2 Å². The fourth-order valence-electron chi connectivity index (χ4n) is 4.20. The van der Waals surface area contributed by atoms with Crippen LogP contribution in [0, 0.1) is 17.3 Å². The summed E-state index contributed by atoms with van der Waals surface area (Å²) in [7, 11) is 0. The molecule has 0 aliphatic carbocycles. The Kier molecular flexibility index (Phi) is 13.7. The SMILES string of the molecule is CC(C)(C)C(=O)OCCCc1cn(CCCCC(=O)NCC#Cc2ccc(CO[C@H]3O[C@H](CO)[C@@H](O)[C@H](O)[C@@H]3O)cc2)nn1. The average molecular weight is 617 g/mol. The van der Waals surface area contributed by atoms with Crippen LogP contribution in [0.15, 0.2) is 30.5 Å². The monoisotopic (exact) mass is 616 g/mol. The summed E-state index contributed by atoms with van der Waals surface area (Å²) in [5, 5.41) is 50.1. The van der Waals surface area contributed by atoms with E-state index < -0.39 is 42.7 Å². The predicted octanol–water partition coefficient (Wildman–Crippen LogP) is 0.455. The third kappa shape index (κ3) is 11.3. The molecule has 1 aliphatic rings. The number of nitrogens with zero attached hydrogens (tertiary/aromatic N) is 3. The summed E-state index contributed by atoms with van der Waals surface area (Å²) in [6.45, 7) is 6.24. The van der Waals surface area contributed by atoms with E-state index in [4.69, 9.17) is 14.2 Å². The van der Waals surface area contributed by atoms with Gasteiger partial charge in [-0.15, -0.1) is 5.10 Å². The van der Waals surface area contributed by atoms with Crippen LogP contribution in [0.3, 0.4) is 0 Å². The second-order valence-electron chi connectivity index (χ2n) is 11.7. The Balaban J connectivity index is 1.27. The summed E-state index contributed by atoms with van der Waals surface area (Å²) in [4.78, 5) is 23.9. The zero-order valence-electron chi connectivity index (χ0n) is 25.5. The Bertz CT molecular complexity index is 1250. The lowest BCUT2D eigenvalue weighted by molar-refractivity contribution is -0.304. The van der Waals surface area contributed by atoms with Crippen LogP contribution >= 0.6 is 0 Å². The Labute approximate surface area is 257 Å². The van der Waals surface area contributed by atoms with Crippen molar-refractivity contribution in [2.75, 3.05) is 19.8 Å². The molecule has 5 atom stereocenters. The molecule has 0 spiro atoms. The van der Waals surface area contributed by atoms with E-state index in [1.165, 1.54) is 0 Å². The lowest BCUT2D eigenvalue weighted by atomic mass is 9.97. The molecule has 242 valence electrons. The first-order valence-corrected chi connectivity index (χ1v) is 14.8. The van der Waals surface area contributed by atoms with Crippen molar-refractivity contribution < 1.29 is 44.2 Å². The van der Waals surface area contributed by atoms with E-state index in [9.17, 15) is 30.0 Å². The van der Waals surface area contributed by atoms with Gasteiger partial charge in [-0.1, -0.05) is 29.2 Å². The molecule has 13 heteroatoms. The van der Waals surface area contributed by atoms with E-state index in [1.54, 1.807) is 28.9 Å². The molecule has 1 aromatic carbocycles. The molecule has 3 rings (SSSR count). The number of unbranched alkanes of at least 4 members (excludes halogenated alkanes) is 1. The highest BCUT2D eigenvalue weighted by atomic mass is 16.7. The highest BCUT2D eigenvalue weighted by Gasteiger charge is 2.44. The number of aliphatic hydroxyl groups excluding tert-OH is 4. The van der Waals surface area contributed by atoms with Gasteiger partial charge in [0.25, 0.3) is 0 Å². The zero-order chi connectivity index (χ0) is 32.1. The van der Waals surface area contributed by atoms with Crippen LogP contribution in [0.1, 0.15) is 63.3 Å². The second-order valence-corrected chi connectivity index (χ2v) is 11.7. The number of aliphatic hydroxyl groups is 4. The molecule has 44 heavy (non-hydrogen) atoms. The second kappa shape index (κ2) is 17.2. The van der Waals surface area contributed by atoms with Crippen molar-refractivity contribution in [2.45, 2.75) is 96.7 Å². The molecule has 0 unspecified atom stereocenters. The van der Waals surface area contributed by atoms with Crippen molar-refractivity contribution in [1.29, 1.82) is 0 Å². The third-order valence-corrected chi connectivity index (χ3v) is 6.87. The standard InChI is InChI=1S/C31H44N4O9/c1-31(2,3)30(41)42-17-7-9-23-18-35(34-33-23)16-5-4-10-25(37)32-15-6-8-21-11-13-22(14-12-21)20-43-29-28(40)27(39)26(38)24(19-36)44-29/h11-14,18,24,26-29,36,38-40H,4-5,7,9-10,15-17,19-20H2,1-3H3,(H,32,37)/t24-,26-,27+,28+,29+/m1/s1. The minimum absolute atomic E-state index is 0.0704. The molecule has 5 N–H and O–H groups in total. The molecule has 1 aromatic heterocycles. The van der Waals surface area contributed by atoms with E-state index >= 15 is 0 Å². The minimum Gasteiger partial charge on any atom is -0.465 e. The van der Waals surface area contributed by atoms with Crippen LogP contribution in [-0.2, 0) is 43.4 Å². The highest BCUT2D eigenvalue weighted by molar-refractivity contribution is 5.76. The fourth-order valence-corrected chi connectivity index (χ4v) is 4.20. The normalized spacial score (nSPS) is 21.8. The first-order valence-electron chi connectivity index (χ1n) is 14.8. The number of carbonyl (C=O) groups excluding carboxylic acids is 2. The van der Waals surface area contributed by atoms with Gasteiger partial charge >= 0.3 is 5.97 Å². The lowest BCUT2D eigenvalue weighted by Gasteiger charge is -2.39.